The molecule has 1 fully saturated rings. The average Bonchev–Trinajstić information content (AvgIpc) is 1.77. The maximum absolute atomic E-state index is 4.02. The summed E-state index contributed by atoms with van der Waals surface area (Å²) >= 11 is 0. The largest absolute Gasteiger partial charge is 0.350 e. The second-order valence-electron chi connectivity index (χ2n) is 2.80. The van der Waals surface area contributed by atoms with E-state index in [0.29, 0.717) is 12.1 Å². The van der Waals surface area contributed by atoms with Gasteiger partial charge in [-0.15, -0.1) is 0 Å². The highest BCUT2D eigenvalue weighted by atomic mass is 14.8. The fourth-order valence-electron chi connectivity index (χ4n) is 1.28. The molecular formula is C6H16N2+2. The molecule has 1 aliphatic carbocycles. The van der Waals surface area contributed by atoms with Gasteiger partial charge in [0.2, 0.25) is 0 Å². The first-order valence-corrected chi connectivity index (χ1v) is 3.47. The number of hydrogen-bond donors (Lipinski definition) is 2. The minimum absolute atomic E-state index is 0.642. The smallest absolute Gasteiger partial charge is 0.137 e. The van der Waals surface area contributed by atoms with Crippen LogP contribution in [0.15, 0.2) is 0 Å². The predicted molar refractivity (Wildman–Crippen MR) is 31.8 cm³/mol. The fourth-order valence-corrected chi connectivity index (χ4v) is 1.28. The van der Waals surface area contributed by atoms with Crippen LogP contribution in [0, 0.1) is 0 Å². The molecule has 2 atom stereocenters. The SMILES string of the molecule is [NH3+][C@@H]1CCCC[C@H]1[NH3+]. The van der Waals surface area contributed by atoms with E-state index in [9.17, 15) is 0 Å². The van der Waals surface area contributed by atoms with Gasteiger partial charge in [-0.3, -0.25) is 0 Å². The lowest BCUT2D eigenvalue weighted by molar-refractivity contribution is -0.534. The Morgan fingerprint density at radius 1 is 0.875 bits per heavy atom. The van der Waals surface area contributed by atoms with Crippen molar-refractivity contribution in [2.75, 3.05) is 0 Å². The summed E-state index contributed by atoms with van der Waals surface area (Å²) in [5.74, 6) is 0. The summed E-state index contributed by atoms with van der Waals surface area (Å²) < 4.78 is 0. The Hall–Kier alpha value is -0.0800. The van der Waals surface area contributed by atoms with Gasteiger partial charge >= 0.3 is 0 Å². The van der Waals surface area contributed by atoms with Gasteiger partial charge in [0, 0.05) is 12.8 Å². The van der Waals surface area contributed by atoms with E-state index >= 15 is 0 Å². The zero-order chi connectivity index (χ0) is 5.98. The summed E-state index contributed by atoms with van der Waals surface area (Å²) in [5.41, 5.74) is 8.03. The Morgan fingerprint density at radius 3 is 1.50 bits per heavy atom. The zero-order valence-corrected chi connectivity index (χ0v) is 5.40. The Balaban J connectivity index is 2.28. The third-order valence-corrected chi connectivity index (χ3v) is 2.07. The highest BCUT2D eigenvalue weighted by molar-refractivity contribution is 4.69. The van der Waals surface area contributed by atoms with Crippen LogP contribution in [-0.4, -0.2) is 12.1 Å². The van der Waals surface area contributed by atoms with E-state index in [-0.39, 0.29) is 0 Å². The maximum atomic E-state index is 4.02. The van der Waals surface area contributed by atoms with E-state index in [1.807, 2.05) is 0 Å². The molecule has 1 rings (SSSR count). The molecule has 6 N–H and O–H groups in total. The molecule has 0 aliphatic heterocycles. The molecule has 1 aliphatic rings. The highest BCUT2D eigenvalue weighted by Gasteiger charge is 2.23. The van der Waals surface area contributed by atoms with Crippen LogP contribution < -0.4 is 11.5 Å². The van der Waals surface area contributed by atoms with Crippen LogP contribution in [0.1, 0.15) is 25.7 Å². The molecule has 2 nitrogen and oxygen atoms in total. The van der Waals surface area contributed by atoms with Gasteiger partial charge in [0.25, 0.3) is 0 Å². The Morgan fingerprint density at radius 2 is 1.25 bits per heavy atom. The monoisotopic (exact) mass is 116 g/mol. The van der Waals surface area contributed by atoms with Crippen molar-refractivity contribution in [1.29, 1.82) is 0 Å². The standard InChI is InChI=1S/C6H14N2/c7-5-3-1-2-4-6(5)8/h5-6H,1-4,7-8H2/p+2/t5-,6-/m1/s1. The minimum atomic E-state index is 0.642. The molecule has 0 saturated heterocycles. The number of rotatable bonds is 0. The van der Waals surface area contributed by atoms with Crippen molar-refractivity contribution >= 4 is 0 Å². The maximum Gasteiger partial charge on any atom is 0.137 e. The van der Waals surface area contributed by atoms with E-state index in [4.69, 9.17) is 0 Å². The first-order valence-electron chi connectivity index (χ1n) is 3.47. The minimum Gasteiger partial charge on any atom is -0.350 e. The van der Waals surface area contributed by atoms with E-state index < -0.39 is 0 Å². The van der Waals surface area contributed by atoms with Gasteiger partial charge in [0.15, 0.2) is 0 Å². The van der Waals surface area contributed by atoms with Crippen LogP contribution in [0.5, 0.6) is 0 Å². The summed E-state index contributed by atoms with van der Waals surface area (Å²) in [6, 6.07) is 1.28. The second kappa shape index (κ2) is 2.46. The predicted octanol–water partition coefficient (Wildman–Crippen LogP) is -1.22. The Kier molecular flexibility index (Phi) is 1.86. The topological polar surface area (TPSA) is 55.3 Å². The first kappa shape index (κ1) is 6.05. The lowest BCUT2D eigenvalue weighted by Gasteiger charge is -2.18. The summed E-state index contributed by atoms with van der Waals surface area (Å²) in [5, 5.41) is 0. The van der Waals surface area contributed by atoms with Crippen molar-refractivity contribution < 1.29 is 11.5 Å². The summed E-state index contributed by atoms with van der Waals surface area (Å²) in [7, 11) is 0. The van der Waals surface area contributed by atoms with Crippen LogP contribution >= 0.6 is 0 Å². The van der Waals surface area contributed by atoms with Gasteiger partial charge in [-0.1, -0.05) is 0 Å². The van der Waals surface area contributed by atoms with Gasteiger partial charge in [-0.2, -0.15) is 0 Å². The molecule has 48 valence electrons. The van der Waals surface area contributed by atoms with Gasteiger partial charge in [0.05, 0.1) is 0 Å². The molecular weight excluding hydrogens is 100 g/mol. The van der Waals surface area contributed by atoms with E-state index in [1.165, 1.54) is 25.7 Å². The lowest BCUT2D eigenvalue weighted by atomic mass is 9.92. The molecule has 0 bridgehead atoms. The van der Waals surface area contributed by atoms with Crippen molar-refractivity contribution in [3.63, 3.8) is 0 Å². The second-order valence-corrected chi connectivity index (χ2v) is 2.80. The number of hydrogen-bond acceptors (Lipinski definition) is 0. The molecule has 0 amide bonds. The molecule has 1 saturated carbocycles. The molecule has 0 aromatic carbocycles. The molecule has 0 unspecified atom stereocenters. The normalized spacial score (nSPS) is 39.8. The highest BCUT2D eigenvalue weighted by Crippen LogP contribution is 2.12. The molecule has 0 aromatic rings. The van der Waals surface area contributed by atoms with Gasteiger partial charge in [-0.25, -0.2) is 0 Å². The summed E-state index contributed by atoms with van der Waals surface area (Å²) in [4.78, 5) is 0. The molecule has 0 aromatic heterocycles. The van der Waals surface area contributed by atoms with Gasteiger partial charge in [0.1, 0.15) is 12.1 Å². The van der Waals surface area contributed by atoms with Crippen LogP contribution in [0.25, 0.3) is 0 Å². The number of quaternary nitrogens is 2. The van der Waals surface area contributed by atoms with E-state index in [2.05, 4.69) is 11.5 Å². The lowest BCUT2D eigenvalue weighted by Crippen LogP contribution is -2.80. The van der Waals surface area contributed by atoms with Gasteiger partial charge in [-0.05, 0) is 12.8 Å². The van der Waals surface area contributed by atoms with Crippen LogP contribution in [-0.2, 0) is 0 Å². The quantitative estimate of drug-likeness (QED) is 0.399. The fraction of sp³-hybridized carbons (Fsp3) is 1.00. The van der Waals surface area contributed by atoms with Crippen molar-refractivity contribution in [3.05, 3.63) is 0 Å². The third kappa shape index (κ3) is 1.20. The van der Waals surface area contributed by atoms with Crippen molar-refractivity contribution in [1.82, 2.24) is 0 Å². The molecule has 0 radical (unpaired) electrons. The first-order chi connectivity index (χ1) is 3.80. The van der Waals surface area contributed by atoms with Crippen LogP contribution in [0.4, 0.5) is 0 Å². The zero-order valence-electron chi connectivity index (χ0n) is 5.40. The third-order valence-electron chi connectivity index (χ3n) is 2.07. The van der Waals surface area contributed by atoms with E-state index in [0.717, 1.165) is 0 Å². The summed E-state index contributed by atoms with van der Waals surface area (Å²) in [6.45, 7) is 0. The van der Waals surface area contributed by atoms with Gasteiger partial charge < -0.3 is 11.5 Å². The molecule has 0 spiro atoms. The molecule has 8 heavy (non-hydrogen) atoms. The van der Waals surface area contributed by atoms with E-state index in [1.54, 1.807) is 0 Å². The molecule has 2 heteroatoms. The Bertz CT molecular complexity index is 62.9. The van der Waals surface area contributed by atoms with Crippen molar-refractivity contribution in [2.24, 2.45) is 0 Å². The van der Waals surface area contributed by atoms with Crippen molar-refractivity contribution in [2.45, 2.75) is 37.8 Å². The molecule has 0 heterocycles. The van der Waals surface area contributed by atoms with Crippen molar-refractivity contribution in [3.8, 4) is 0 Å². The van der Waals surface area contributed by atoms with Crippen LogP contribution in [0.3, 0.4) is 0 Å². The Labute approximate surface area is 50.2 Å². The van der Waals surface area contributed by atoms with Crippen LogP contribution in [0.2, 0.25) is 0 Å². The summed E-state index contributed by atoms with van der Waals surface area (Å²) in [6.07, 6.45) is 5.35. The average molecular weight is 116 g/mol.